The van der Waals surface area contributed by atoms with Crippen LogP contribution < -0.4 is 32.8 Å². The van der Waals surface area contributed by atoms with Gasteiger partial charge in [0.25, 0.3) is 0 Å². The number of fused-ring (bicyclic) bond motifs is 6. The summed E-state index contributed by atoms with van der Waals surface area (Å²) in [4.78, 5) is 14.7. The summed E-state index contributed by atoms with van der Waals surface area (Å²) in [6, 6.07) is 37.6. The first kappa shape index (κ1) is 30.4. The molecule has 0 radical (unpaired) electrons. The Labute approximate surface area is 295 Å². The van der Waals surface area contributed by atoms with Crippen molar-refractivity contribution in [2.45, 2.75) is 0 Å². The standard InChI is InChI=1S/C39H30B6N4O/c40-25-17-27(42)35-31(33(25)44)32-34(45)26(41)18-28(43)36(32)49(35)22-12-14-29-24(16-22)23-13-11-21(15-30(23)50-29)39-47-37(19-7-3-1-4-8-19)46-38(48-39)20-9-5-2-6-10-20/h1-18H,40-45H2. The fourth-order valence-electron chi connectivity index (χ4n) is 7.69. The molecular weight excluding hydrogens is 605 g/mol. The molecule has 0 amide bonds. The van der Waals surface area contributed by atoms with Crippen LogP contribution in [0, 0.1) is 0 Å². The van der Waals surface area contributed by atoms with Crippen LogP contribution in [-0.4, -0.2) is 66.6 Å². The first-order valence-corrected chi connectivity index (χ1v) is 17.1. The highest BCUT2D eigenvalue weighted by Gasteiger charge is 2.22. The van der Waals surface area contributed by atoms with E-state index in [2.05, 4.69) is 100 Å². The van der Waals surface area contributed by atoms with E-state index in [9.17, 15) is 0 Å². The van der Waals surface area contributed by atoms with Crippen molar-refractivity contribution in [1.82, 2.24) is 19.5 Å². The molecule has 5 nitrogen and oxygen atoms in total. The minimum absolute atomic E-state index is 0.605. The molecule has 0 spiro atoms. The highest BCUT2D eigenvalue weighted by Crippen LogP contribution is 2.35. The Morgan fingerprint density at radius 3 is 1.50 bits per heavy atom. The fraction of sp³-hybridized carbons (Fsp3) is 0. The van der Waals surface area contributed by atoms with Crippen LogP contribution in [0.25, 0.3) is 83.6 Å². The predicted octanol–water partition coefficient (Wildman–Crippen LogP) is -0.580. The maximum absolute atomic E-state index is 6.53. The second-order valence-electron chi connectivity index (χ2n) is 13.6. The van der Waals surface area contributed by atoms with Crippen LogP contribution in [0.5, 0.6) is 0 Å². The summed E-state index contributed by atoms with van der Waals surface area (Å²) in [5.41, 5.74) is 16.0. The summed E-state index contributed by atoms with van der Waals surface area (Å²) in [7, 11) is 13.5. The van der Waals surface area contributed by atoms with Gasteiger partial charge in [0.1, 0.15) is 58.2 Å². The summed E-state index contributed by atoms with van der Waals surface area (Å²) in [6.07, 6.45) is 0. The van der Waals surface area contributed by atoms with Gasteiger partial charge in [-0.1, -0.05) is 112 Å². The summed E-state index contributed by atoms with van der Waals surface area (Å²) in [5, 5.41) is 4.84. The van der Waals surface area contributed by atoms with E-state index in [1.807, 2.05) is 60.7 Å². The lowest BCUT2D eigenvalue weighted by atomic mass is 9.71. The van der Waals surface area contributed by atoms with Crippen molar-refractivity contribution in [3.63, 3.8) is 0 Å². The molecule has 3 heterocycles. The summed E-state index contributed by atoms with van der Waals surface area (Å²) >= 11 is 0. The zero-order valence-corrected chi connectivity index (χ0v) is 29.1. The van der Waals surface area contributed by atoms with E-state index in [1.165, 1.54) is 54.6 Å². The van der Waals surface area contributed by atoms with Gasteiger partial charge in [-0.2, -0.15) is 0 Å². The van der Waals surface area contributed by atoms with Gasteiger partial charge in [-0.3, -0.25) is 0 Å². The number of hydrogen-bond donors (Lipinski definition) is 0. The zero-order valence-electron chi connectivity index (χ0n) is 29.1. The molecule has 0 bridgehead atoms. The molecule has 0 N–H and O–H groups in total. The normalized spacial score (nSPS) is 11.7. The Morgan fingerprint density at radius 1 is 0.440 bits per heavy atom. The average molecular weight is 636 g/mol. The lowest BCUT2D eigenvalue weighted by molar-refractivity contribution is 0.669. The minimum Gasteiger partial charge on any atom is -0.456 e. The Hall–Kier alpha value is -5.68. The van der Waals surface area contributed by atoms with E-state index in [0.29, 0.717) is 17.5 Å². The molecule has 11 heteroatoms. The molecule has 3 aromatic heterocycles. The number of aromatic nitrogens is 4. The number of rotatable bonds is 4. The quantitative estimate of drug-likeness (QED) is 0.243. The highest BCUT2D eigenvalue weighted by molar-refractivity contribution is 6.62. The van der Waals surface area contributed by atoms with Crippen molar-refractivity contribution in [1.29, 1.82) is 0 Å². The molecule has 9 aromatic rings. The first-order valence-electron chi connectivity index (χ1n) is 17.1. The van der Waals surface area contributed by atoms with E-state index >= 15 is 0 Å². The molecule has 0 saturated heterocycles. The van der Waals surface area contributed by atoms with Crippen LogP contribution in [0.2, 0.25) is 0 Å². The number of benzene rings is 6. The molecule has 0 atom stereocenters. The third-order valence-electron chi connectivity index (χ3n) is 10.4. The molecular formula is C39H30B6N4O. The smallest absolute Gasteiger partial charge is 0.164 e. The molecule has 230 valence electrons. The SMILES string of the molecule is Bc1cc(B)c2c(c1B)c1c(B)c(B)cc(B)c1n2-c1ccc2oc3cc(-c4nc(-c5ccccc5)nc(-c5ccccc5)n4)ccc3c2c1. The molecule has 0 saturated carbocycles. The van der Waals surface area contributed by atoms with E-state index in [-0.39, 0.29) is 0 Å². The van der Waals surface area contributed by atoms with Gasteiger partial charge in [-0.05, 0) is 41.1 Å². The molecule has 0 aliphatic rings. The van der Waals surface area contributed by atoms with Gasteiger partial charge in [-0.25, -0.2) is 15.0 Å². The number of furan rings is 1. The molecule has 0 fully saturated rings. The van der Waals surface area contributed by atoms with Crippen molar-refractivity contribution in [2.24, 2.45) is 0 Å². The lowest BCUT2D eigenvalue weighted by Crippen LogP contribution is -2.33. The molecule has 0 aliphatic carbocycles. The van der Waals surface area contributed by atoms with Crippen LogP contribution in [0.1, 0.15) is 0 Å². The molecule has 0 unspecified atom stereocenters. The van der Waals surface area contributed by atoms with E-state index in [1.54, 1.807) is 0 Å². The van der Waals surface area contributed by atoms with Crippen LogP contribution in [0.4, 0.5) is 0 Å². The summed E-state index contributed by atoms with van der Waals surface area (Å²) < 4.78 is 9.00. The van der Waals surface area contributed by atoms with Crippen molar-refractivity contribution in [2.75, 3.05) is 0 Å². The van der Waals surface area contributed by atoms with Gasteiger partial charge in [0.15, 0.2) is 17.5 Å². The van der Waals surface area contributed by atoms with Gasteiger partial charge in [0, 0.05) is 44.2 Å². The van der Waals surface area contributed by atoms with Crippen molar-refractivity contribution < 1.29 is 4.42 Å². The van der Waals surface area contributed by atoms with Gasteiger partial charge in [0.2, 0.25) is 0 Å². The molecule has 9 rings (SSSR count). The second-order valence-corrected chi connectivity index (χ2v) is 13.6. The third-order valence-corrected chi connectivity index (χ3v) is 10.4. The third kappa shape index (κ3) is 4.67. The topological polar surface area (TPSA) is 56.7 Å². The maximum Gasteiger partial charge on any atom is 0.164 e. The van der Waals surface area contributed by atoms with Gasteiger partial charge < -0.3 is 8.98 Å². The first-order chi connectivity index (χ1) is 24.3. The second kappa shape index (κ2) is 11.4. The summed E-state index contributed by atoms with van der Waals surface area (Å²) in [5.74, 6) is 1.88. The molecule has 6 aromatic carbocycles. The van der Waals surface area contributed by atoms with Gasteiger partial charge in [-0.15, -0.1) is 0 Å². The van der Waals surface area contributed by atoms with Crippen molar-refractivity contribution in [3.8, 4) is 39.9 Å². The zero-order chi connectivity index (χ0) is 34.3. The van der Waals surface area contributed by atoms with Crippen molar-refractivity contribution >= 4 is 124 Å². The monoisotopic (exact) mass is 636 g/mol. The predicted molar refractivity (Wildman–Crippen MR) is 227 cm³/mol. The van der Waals surface area contributed by atoms with Crippen LogP contribution in [-0.2, 0) is 0 Å². The number of nitrogens with zero attached hydrogens (tertiary/aromatic N) is 4. The Balaban J connectivity index is 1.24. The summed E-state index contributed by atoms with van der Waals surface area (Å²) in [6.45, 7) is 0. The van der Waals surface area contributed by atoms with Crippen LogP contribution >= 0.6 is 0 Å². The van der Waals surface area contributed by atoms with E-state index in [4.69, 9.17) is 19.4 Å². The molecule has 0 aliphatic heterocycles. The highest BCUT2D eigenvalue weighted by atomic mass is 16.3. The number of hydrogen-bond acceptors (Lipinski definition) is 4. The maximum atomic E-state index is 6.53. The Morgan fingerprint density at radius 2 is 0.960 bits per heavy atom. The van der Waals surface area contributed by atoms with E-state index < -0.39 is 0 Å². The average Bonchev–Trinajstić information content (AvgIpc) is 3.70. The Bertz CT molecular complexity index is 2700. The molecule has 50 heavy (non-hydrogen) atoms. The minimum atomic E-state index is 0.605. The van der Waals surface area contributed by atoms with Crippen LogP contribution in [0.15, 0.2) is 114 Å². The largest absolute Gasteiger partial charge is 0.456 e. The van der Waals surface area contributed by atoms with Crippen molar-refractivity contribution in [3.05, 3.63) is 109 Å². The lowest BCUT2D eigenvalue weighted by Gasteiger charge is -2.13. The van der Waals surface area contributed by atoms with Crippen LogP contribution in [0.3, 0.4) is 0 Å². The van der Waals surface area contributed by atoms with Gasteiger partial charge in [0.05, 0.1) is 0 Å². The van der Waals surface area contributed by atoms with Gasteiger partial charge >= 0.3 is 0 Å². The Kier molecular flexibility index (Phi) is 6.96. The van der Waals surface area contributed by atoms with E-state index in [0.717, 1.165) is 44.3 Å². The fourth-order valence-corrected chi connectivity index (χ4v) is 7.69.